The number of benzene rings is 5. The van der Waals surface area contributed by atoms with Crippen molar-refractivity contribution < 1.29 is 34.8 Å². The van der Waals surface area contributed by atoms with E-state index in [9.17, 15) is 24.9 Å². The van der Waals surface area contributed by atoms with Gasteiger partial charge in [-0.1, -0.05) is 78.9 Å². The van der Waals surface area contributed by atoms with Gasteiger partial charge in [0.2, 0.25) is 0 Å². The number of carbonyl (C=O) groups is 2. The van der Waals surface area contributed by atoms with Gasteiger partial charge in [0.15, 0.2) is 0 Å². The van der Waals surface area contributed by atoms with Gasteiger partial charge in [-0.15, -0.1) is 0 Å². The highest BCUT2D eigenvalue weighted by Gasteiger charge is 2.21. The molecule has 6 N–H and O–H groups in total. The number of phenols is 3. The zero-order valence-corrected chi connectivity index (χ0v) is 25.0. The molecule has 5 aromatic carbocycles. The first-order valence-electron chi connectivity index (χ1n) is 14.8. The molecule has 0 fully saturated rings. The summed E-state index contributed by atoms with van der Waals surface area (Å²) in [5.41, 5.74) is 6.37. The zero-order valence-electron chi connectivity index (χ0n) is 25.0. The molecule has 0 heterocycles. The van der Waals surface area contributed by atoms with Crippen molar-refractivity contribution in [3.05, 3.63) is 141 Å². The largest absolute Gasteiger partial charge is 0.507 e. The minimum atomic E-state index is -1.23. The number of fused-ring (bicyclic) bond motifs is 8. The number of phenolic OH excluding ortho intramolecular Hbond substituents is 3. The number of carbonyl (C=O) groups excluding carboxylic acids is 1. The first-order valence-corrected chi connectivity index (χ1v) is 14.8. The number of hydrogen-bond acceptors (Lipinski definition) is 6. The van der Waals surface area contributed by atoms with E-state index in [0.29, 0.717) is 55.8 Å². The maximum Gasteiger partial charge on any atom is 0.417 e. The Balaban J connectivity index is 1.43. The Morgan fingerprint density at radius 1 is 0.587 bits per heavy atom. The molecule has 0 spiro atoms. The summed E-state index contributed by atoms with van der Waals surface area (Å²) in [6.07, 6.45) is -0.996. The average molecular weight is 617 g/mol. The maximum absolute atomic E-state index is 13.4. The van der Waals surface area contributed by atoms with Gasteiger partial charge < -0.3 is 25.2 Å². The standard InChI is InChI=1S/C37H32N2O7/c1-21-14-15-30(38-36(43)44)20-31(21)39-37(45)46-35-28-12-5-13-29(35)19-27-11-4-9-25(34(27)42)17-23-7-2-6-22(32(23)40)16-24-8-3-10-26(18-28)33(24)41/h2-15,20,38,40-42H,16-19H2,1H3,(H,39,45)(H,43,44). The molecule has 1 aliphatic rings. The zero-order chi connectivity index (χ0) is 32.4. The number of aromatic hydroxyl groups is 3. The SMILES string of the molecule is Cc1ccc(NC(=O)O)cc1NC(=O)Oc1c2cccc1Cc1cccc(c1O)Cc1cccc(c1O)Cc1cccc(c1O)C2. The van der Waals surface area contributed by atoms with E-state index < -0.39 is 12.2 Å². The molecule has 0 saturated carbocycles. The Kier molecular flexibility index (Phi) is 8.22. The van der Waals surface area contributed by atoms with Crippen LogP contribution in [0, 0.1) is 6.92 Å². The van der Waals surface area contributed by atoms with Crippen molar-refractivity contribution in [1.29, 1.82) is 0 Å². The van der Waals surface area contributed by atoms with E-state index in [-0.39, 0.29) is 54.4 Å². The molecule has 232 valence electrons. The minimum Gasteiger partial charge on any atom is -0.507 e. The number of hydrogen-bond donors (Lipinski definition) is 6. The summed E-state index contributed by atoms with van der Waals surface area (Å²) in [6.45, 7) is 1.77. The van der Waals surface area contributed by atoms with E-state index in [1.807, 2.05) is 48.5 Å². The predicted octanol–water partition coefficient (Wildman–Crippen LogP) is 7.49. The van der Waals surface area contributed by atoms with Crippen LogP contribution in [0.5, 0.6) is 23.0 Å². The third-order valence-corrected chi connectivity index (χ3v) is 8.23. The highest BCUT2D eigenvalue weighted by atomic mass is 16.6. The van der Waals surface area contributed by atoms with E-state index in [1.165, 1.54) is 6.07 Å². The average Bonchev–Trinajstić information content (AvgIpc) is 3.01. The number of rotatable bonds is 3. The van der Waals surface area contributed by atoms with Crippen LogP contribution in [-0.4, -0.2) is 32.6 Å². The van der Waals surface area contributed by atoms with Gasteiger partial charge in [-0.05, 0) is 69.1 Å². The van der Waals surface area contributed by atoms with Crippen LogP contribution in [0.1, 0.15) is 50.1 Å². The molecular weight excluding hydrogens is 584 g/mol. The summed E-state index contributed by atoms with van der Waals surface area (Å²) < 4.78 is 5.99. The molecule has 46 heavy (non-hydrogen) atoms. The van der Waals surface area contributed by atoms with Gasteiger partial charge >= 0.3 is 12.2 Å². The summed E-state index contributed by atoms with van der Waals surface area (Å²) >= 11 is 0. The third-order valence-electron chi connectivity index (χ3n) is 8.23. The molecule has 9 nitrogen and oxygen atoms in total. The third kappa shape index (κ3) is 6.30. The van der Waals surface area contributed by atoms with Gasteiger partial charge in [-0.2, -0.15) is 0 Å². The molecule has 0 saturated heterocycles. The lowest BCUT2D eigenvalue weighted by Crippen LogP contribution is -2.19. The molecule has 0 atom stereocenters. The minimum absolute atomic E-state index is 0.0847. The van der Waals surface area contributed by atoms with Crippen LogP contribution in [0.3, 0.4) is 0 Å². The van der Waals surface area contributed by atoms with Crippen molar-refractivity contribution in [3.8, 4) is 23.0 Å². The molecule has 1 aliphatic carbocycles. The Morgan fingerprint density at radius 2 is 0.978 bits per heavy atom. The fourth-order valence-electron chi connectivity index (χ4n) is 5.84. The van der Waals surface area contributed by atoms with Crippen LogP contribution in [0.25, 0.3) is 0 Å². The Labute approximate surface area is 265 Å². The van der Waals surface area contributed by atoms with Crippen molar-refractivity contribution in [2.75, 3.05) is 10.6 Å². The second kappa shape index (κ2) is 12.6. The van der Waals surface area contributed by atoms with Crippen molar-refractivity contribution >= 4 is 23.6 Å². The summed E-state index contributed by atoms with van der Waals surface area (Å²) in [7, 11) is 0. The lowest BCUT2D eigenvalue weighted by atomic mass is 9.91. The molecule has 0 unspecified atom stereocenters. The fourth-order valence-corrected chi connectivity index (χ4v) is 5.84. The second-order valence-corrected chi connectivity index (χ2v) is 11.4. The van der Waals surface area contributed by atoms with Crippen LogP contribution in [-0.2, 0) is 25.7 Å². The van der Waals surface area contributed by atoms with Gasteiger partial charge in [0.25, 0.3) is 0 Å². The summed E-state index contributed by atoms with van der Waals surface area (Å²) in [4.78, 5) is 24.5. The molecular formula is C37H32N2O7. The van der Waals surface area contributed by atoms with Crippen molar-refractivity contribution in [3.63, 3.8) is 0 Å². The smallest absolute Gasteiger partial charge is 0.417 e. The van der Waals surface area contributed by atoms with Crippen molar-refractivity contribution in [2.24, 2.45) is 0 Å². The van der Waals surface area contributed by atoms with E-state index in [4.69, 9.17) is 9.84 Å². The van der Waals surface area contributed by atoms with Crippen LogP contribution in [0.2, 0.25) is 0 Å². The molecule has 0 radical (unpaired) electrons. The number of para-hydroxylation sites is 4. The topological polar surface area (TPSA) is 148 Å². The monoisotopic (exact) mass is 616 g/mol. The molecule has 5 aromatic rings. The van der Waals surface area contributed by atoms with E-state index >= 15 is 0 Å². The number of ether oxygens (including phenoxy) is 1. The summed E-state index contributed by atoms with van der Waals surface area (Å²) in [6, 6.07) is 26.6. The van der Waals surface area contributed by atoms with Crippen LogP contribution in [0.4, 0.5) is 21.0 Å². The normalized spacial score (nSPS) is 12.2. The lowest BCUT2D eigenvalue weighted by molar-refractivity contribution is 0.209. The fraction of sp³-hybridized carbons (Fsp3) is 0.135. The quantitative estimate of drug-likeness (QED) is 0.121. The highest BCUT2D eigenvalue weighted by Crippen LogP contribution is 2.37. The first kappa shape index (κ1) is 30.1. The number of aryl methyl sites for hydroxylation is 1. The van der Waals surface area contributed by atoms with E-state index in [0.717, 1.165) is 0 Å². The first-order chi connectivity index (χ1) is 22.2. The van der Waals surface area contributed by atoms with Gasteiger partial charge in [-0.3, -0.25) is 10.6 Å². The van der Waals surface area contributed by atoms with E-state index in [2.05, 4.69) is 10.6 Å². The van der Waals surface area contributed by atoms with Gasteiger partial charge in [0.1, 0.15) is 23.0 Å². The summed E-state index contributed by atoms with van der Waals surface area (Å²) in [5.74, 6) is 0.570. The van der Waals surface area contributed by atoms with Crippen LogP contribution >= 0.6 is 0 Å². The van der Waals surface area contributed by atoms with Gasteiger partial charge in [0, 0.05) is 37.1 Å². The summed E-state index contributed by atoms with van der Waals surface area (Å²) in [5, 5.41) is 48.0. The molecule has 0 aliphatic heterocycles. The number of nitrogens with one attached hydrogen (secondary N) is 2. The Bertz CT molecular complexity index is 1890. The number of amides is 2. The van der Waals surface area contributed by atoms with Crippen LogP contribution < -0.4 is 15.4 Å². The molecule has 0 aromatic heterocycles. The predicted molar refractivity (Wildman–Crippen MR) is 174 cm³/mol. The lowest BCUT2D eigenvalue weighted by Gasteiger charge is -2.19. The van der Waals surface area contributed by atoms with Crippen molar-refractivity contribution in [2.45, 2.75) is 32.6 Å². The molecule has 8 bridgehead atoms. The highest BCUT2D eigenvalue weighted by molar-refractivity contribution is 5.90. The van der Waals surface area contributed by atoms with Gasteiger partial charge in [0.05, 0.1) is 0 Å². The maximum atomic E-state index is 13.4. The number of carboxylic acid groups (broad SMARTS) is 1. The Hall–Kier alpha value is -5.96. The van der Waals surface area contributed by atoms with E-state index in [1.54, 1.807) is 43.3 Å². The second-order valence-electron chi connectivity index (χ2n) is 11.4. The molecule has 6 rings (SSSR count). The van der Waals surface area contributed by atoms with Crippen LogP contribution in [0.15, 0.2) is 91.0 Å². The van der Waals surface area contributed by atoms with Crippen molar-refractivity contribution in [1.82, 2.24) is 0 Å². The molecule has 9 heteroatoms. The van der Waals surface area contributed by atoms with Gasteiger partial charge in [-0.25, -0.2) is 9.59 Å². The molecule has 2 amide bonds. The number of anilines is 2. The Morgan fingerprint density at radius 3 is 1.39 bits per heavy atom.